The van der Waals surface area contributed by atoms with Gasteiger partial charge in [0.15, 0.2) is 5.78 Å². The Kier molecular flexibility index (Phi) is 14.8. The highest BCUT2D eigenvalue weighted by Gasteiger charge is 2.24. The van der Waals surface area contributed by atoms with Gasteiger partial charge in [-0.2, -0.15) is 0 Å². The fourth-order valence-corrected chi connectivity index (χ4v) is 4.16. The van der Waals surface area contributed by atoms with Crippen molar-refractivity contribution in [3.8, 4) is 0 Å². The van der Waals surface area contributed by atoms with Crippen molar-refractivity contribution in [2.75, 3.05) is 26.2 Å². The van der Waals surface area contributed by atoms with Crippen molar-refractivity contribution in [3.05, 3.63) is 71.3 Å². The third-order valence-electron chi connectivity index (χ3n) is 6.36. The molecule has 0 aromatic heterocycles. The molecule has 0 aliphatic rings. The van der Waals surface area contributed by atoms with Crippen LogP contribution in [0.5, 0.6) is 0 Å². The molecule has 0 spiro atoms. The average molecular weight is 468 g/mol. The van der Waals surface area contributed by atoms with Crippen molar-refractivity contribution in [1.29, 1.82) is 0 Å². The van der Waals surface area contributed by atoms with Crippen LogP contribution in [0.2, 0.25) is 0 Å². The standard InChI is InChI=1S/C16H36N.C14H10O3/c1-5-9-13-17(14-10-6-2,15-11-7-3)16-12-8-4;15-13(10-4-2-1-3-5-10)11-6-8-12(9-7-11)14(16)17/h5-16H2,1-4H3;1-9H,(H,16,17)/q+1;/p-1. The van der Waals surface area contributed by atoms with Gasteiger partial charge in [-0.15, -0.1) is 0 Å². The summed E-state index contributed by atoms with van der Waals surface area (Å²) in [5.74, 6) is -1.38. The number of ketones is 1. The normalized spacial score (nSPS) is 10.9. The van der Waals surface area contributed by atoms with Gasteiger partial charge in [-0.05, 0) is 31.2 Å². The van der Waals surface area contributed by atoms with Crippen LogP contribution in [0.1, 0.15) is 105 Å². The molecule has 2 aromatic rings. The molecule has 0 N–H and O–H groups in total. The summed E-state index contributed by atoms with van der Waals surface area (Å²) in [7, 11) is 0. The molecule has 2 aromatic carbocycles. The van der Waals surface area contributed by atoms with Gasteiger partial charge in [0.25, 0.3) is 0 Å². The molecule has 0 atom stereocenters. The second-order valence-electron chi connectivity index (χ2n) is 9.21. The molecule has 0 amide bonds. The molecule has 34 heavy (non-hydrogen) atoms. The molecule has 0 unspecified atom stereocenters. The Labute approximate surface area is 207 Å². The van der Waals surface area contributed by atoms with Gasteiger partial charge < -0.3 is 14.4 Å². The Bertz CT molecular complexity index is 777. The largest absolute Gasteiger partial charge is 0.545 e. The Morgan fingerprint density at radius 1 is 0.588 bits per heavy atom. The minimum Gasteiger partial charge on any atom is -0.545 e. The van der Waals surface area contributed by atoms with Gasteiger partial charge in [-0.1, -0.05) is 108 Å². The molecule has 0 radical (unpaired) electrons. The molecule has 2 rings (SSSR count). The van der Waals surface area contributed by atoms with E-state index in [9.17, 15) is 14.7 Å². The number of nitrogens with zero attached hydrogens (tertiary/aromatic N) is 1. The lowest BCUT2D eigenvalue weighted by Gasteiger charge is -2.39. The highest BCUT2D eigenvalue weighted by atomic mass is 16.4. The van der Waals surface area contributed by atoms with Crippen molar-refractivity contribution < 1.29 is 19.2 Å². The summed E-state index contributed by atoms with van der Waals surface area (Å²) in [6.07, 6.45) is 11.1. The van der Waals surface area contributed by atoms with E-state index in [1.54, 1.807) is 24.3 Å². The van der Waals surface area contributed by atoms with Crippen LogP contribution in [0.4, 0.5) is 0 Å². The number of carbonyl (C=O) groups is 2. The van der Waals surface area contributed by atoms with Crippen LogP contribution in [0.3, 0.4) is 0 Å². The van der Waals surface area contributed by atoms with E-state index in [0.717, 1.165) is 0 Å². The number of carbonyl (C=O) groups excluding carboxylic acids is 2. The first-order valence-corrected chi connectivity index (χ1v) is 13.2. The molecule has 0 saturated carbocycles. The van der Waals surface area contributed by atoms with Crippen LogP contribution >= 0.6 is 0 Å². The zero-order chi connectivity index (χ0) is 25.2. The first-order valence-electron chi connectivity index (χ1n) is 13.2. The van der Waals surface area contributed by atoms with Crippen molar-refractivity contribution >= 4 is 11.8 Å². The molecule has 0 aliphatic heterocycles. The minimum atomic E-state index is -1.25. The van der Waals surface area contributed by atoms with Crippen LogP contribution < -0.4 is 5.11 Å². The monoisotopic (exact) mass is 467 g/mol. The first-order chi connectivity index (χ1) is 16.4. The highest BCUT2D eigenvalue weighted by molar-refractivity contribution is 6.09. The Morgan fingerprint density at radius 2 is 0.941 bits per heavy atom. The number of benzene rings is 2. The Hall–Kier alpha value is -2.46. The molecule has 0 saturated heterocycles. The second-order valence-corrected chi connectivity index (χ2v) is 9.21. The van der Waals surface area contributed by atoms with Gasteiger partial charge in [0.2, 0.25) is 0 Å². The van der Waals surface area contributed by atoms with E-state index in [4.69, 9.17) is 0 Å². The highest BCUT2D eigenvalue weighted by Crippen LogP contribution is 2.16. The summed E-state index contributed by atoms with van der Waals surface area (Å²) >= 11 is 0. The van der Waals surface area contributed by atoms with E-state index in [-0.39, 0.29) is 11.3 Å². The number of carboxylic acid groups (broad SMARTS) is 1. The number of hydrogen-bond acceptors (Lipinski definition) is 3. The SMILES string of the molecule is CCCC[N+](CCCC)(CCCC)CCCC.O=C([O-])c1ccc(C(=O)c2ccccc2)cc1. The smallest absolute Gasteiger partial charge is 0.193 e. The van der Waals surface area contributed by atoms with E-state index in [1.807, 2.05) is 6.07 Å². The fraction of sp³-hybridized carbons (Fsp3) is 0.533. The first kappa shape index (κ1) is 29.6. The quantitative estimate of drug-likeness (QED) is 0.229. The molecule has 0 heterocycles. The predicted molar refractivity (Wildman–Crippen MR) is 140 cm³/mol. The molecule has 188 valence electrons. The van der Waals surface area contributed by atoms with Crippen molar-refractivity contribution in [1.82, 2.24) is 0 Å². The number of unbranched alkanes of at least 4 members (excludes halogenated alkanes) is 4. The minimum absolute atomic E-state index is 0.0645. The summed E-state index contributed by atoms with van der Waals surface area (Å²) in [6.45, 7) is 15.0. The van der Waals surface area contributed by atoms with Crippen molar-refractivity contribution in [3.63, 3.8) is 0 Å². The summed E-state index contributed by atoms with van der Waals surface area (Å²) in [5.41, 5.74) is 1.10. The van der Waals surface area contributed by atoms with E-state index in [0.29, 0.717) is 11.1 Å². The summed E-state index contributed by atoms with van der Waals surface area (Å²) < 4.78 is 1.42. The lowest BCUT2D eigenvalue weighted by molar-refractivity contribution is -0.929. The molecule has 0 bridgehead atoms. The average Bonchev–Trinajstić information content (AvgIpc) is 2.88. The van der Waals surface area contributed by atoms with Crippen LogP contribution in [0, 0.1) is 0 Å². The molecule has 0 fully saturated rings. The molecular formula is C30H45NO3. The summed E-state index contributed by atoms with van der Waals surface area (Å²) in [4.78, 5) is 22.5. The number of aromatic carboxylic acids is 1. The van der Waals surface area contributed by atoms with Gasteiger partial charge in [0, 0.05) is 11.1 Å². The summed E-state index contributed by atoms with van der Waals surface area (Å²) in [6, 6.07) is 14.5. The van der Waals surface area contributed by atoms with Crippen LogP contribution in [0.15, 0.2) is 54.6 Å². The Morgan fingerprint density at radius 3 is 1.29 bits per heavy atom. The van der Waals surface area contributed by atoms with Gasteiger partial charge >= 0.3 is 0 Å². The van der Waals surface area contributed by atoms with E-state index in [1.165, 1.54) is 106 Å². The third-order valence-corrected chi connectivity index (χ3v) is 6.36. The fourth-order valence-electron chi connectivity index (χ4n) is 4.16. The zero-order valence-corrected chi connectivity index (χ0v) is 21.9. The van der Waals surface area contributed by atoms with Gasteiger partial charge in [-0.25, -0.2) is 0 Å². The maximum absolute atomic E-state index is 12.0. The van der Waals surface area contributed by atoms with Crippen molar-refractivity contribution in [2.45, 2.75) is 79.1 Å². The second kappa shape index (κ2) is 17.0. The topological polar surface area (TPSA) is 57.2 Å². The number of rotatable bonds is 15. The molecule has 4 nitrogen and oxygen atoms in total. The van der Waals surface area contributed by atoms with Crippen LogP contribution in [-0.2, 0) is 0 Å². The van der Waals surface area contributed by atoms with E-state index in [2.05, 4.69) is 27.7 Å². The zero-order valence-electron chi connectivity index (χ0n) is 21.9. The maximum Gasteiger partial charge on any atom is 0.193 e. The number of hydrogen-bond donors (Lipinski definition) is 0. The van der Waals surface area contributed by atoms with Crippen LogP contribution in [-0.4, -0.2) is 42.4 Å². The van der Waals surface area contributed by atoms with Gasteiger partial charge in [-0.3, -0.25) is 4.79 Å². The lowest BCUT2D eigenvalue weighted by Crippen LogP contribution is -2.50. The van der Waals surface area contributed by atoms with E-state index < -0.39 is 5.97 Å². The van der Waals surface area contributed by atoms with Crippen molar-refractivity contribution in [2.24, 2.45) is 0 Å². The predicted octanol–water partition coefficient (Wildman–Crippen LogP) is 6.28. The lowest BCUT2D eigenvalue weighted by atomic mass is 10.0. The van der Waals surface area contributed by atoms with Crippen LogP contribution in [0.25, 0.3) is 0 Å². The number of carboxylic acids is 1. The maximum atomic E-state index is 12.0. The van der Waals surface area contributed by atoms with Gasteiger partial charge in [0.05, 0.1) is 32.1 Å². The van der Waals surface area contributed by atoms with E-state index >= 15 is 0 Å². The molecular weight excluding hydrogens is 422 g/mol. The summed E-state index contributed by atoms with van der Waals surface area (Å²) in [5, 5.41) is 10.6. The third kappa shape index (κ3) is 10.6. The Balaban J connectivity index is 0.000000340. The molecule has 4 heteroatoms. The molecule has 0 aliphatic carbocycles. The van der Waals surface area contributed by atoms with Gasteiger partial charge in [0.1, 0.15) is 0 Å². The number of quaternary nitrogens is 1.